The van der Waals surface area contributed by atoms with E-state index in [1.807, 2.05) is 6.08 Å². The van der Waals surface area contributed by atoms with Crippen LogP contribution in [-0.2, 0) is 7.05 Å². The van der Waals surface area contributed by atoms with Crippen LogP contribution in [0, 0.1) is 0 Å². The number of hydrogen-bond acceptors (Lipinski definition) is 1. The van der Waals surface area contributed by atoms with Crippen molar-refractivity contribution in [2.45, 2.75) is 6.42 Å². The lowest BCUT2D eigenvalue weighted by Gasteiger charge is -2.05. The fourth-order valence-electron chi connectivity index (χ4n) is 1.71. The first-order chi connectivity index (χ1) is 7.31. The molecule has 1 aromatic heterocycles. The van der Waals surface area contributed by atoms with Crippen molar-refractivity contribution in [3.8, 4) is 0 Å². The lowest BCUT2D eigenvalue weighted by Crippen LogP contribution is -1.99. The normalized spacial score (nSPS) is 10.5. The minimum atomic E-state index is 0.946. The Bertz CT molecular complexity index is 468. The molecule has 0 spiro atoms. The summed E-state index contributed by atoms with van der Waals surface area (Å²) in [6, 6.07) is 8.57. The molecule has 2 nitrogen and oxygen atoms in total. The molecule has 0 radical (unpaired) electrons. The predicted molar refractivity (Wildman–Crippen MR) is 66.2 cm³/mol. The van der Waals surface area contributed by atoms with Gasteiger partial charge in [-0.05, 0) is 30.7 Å². The van der Waals surface area contributed by atoms with E-state index in [4.69, 9.17) is 0 Å². The molecule has 0 saturated heterocycles. The van der Waals surface area contributed by atoms with Crippen LogP contribution in [0.4, 0.5) is 5.69 Å². The minimum Gasteiger partial charge on any atom is -0.385 e. The van der Waals surface area contributed by atoms with Crippen LogP contribution in [0.25, 0.3) is 10.9 Å². The van der Waals surface area contributed by atoms with Gasteiger partial charge in [-0.25, -0.2) is 0 Å². The van der Waals surface area contributed by atoms with Gasteiger partial charge >= 0.3 is 0 Å². The Morgan fingerprint density at radius 1 is 1.40 bits per heavy atom. The van der Waals surface area contributed by atoms with Crippen molar-refractivity contribution >= 4 is 16.6 Å². The van der Waals surface area contributed by atoms with Crippen molar-refractivity contribution in [2.75, 3.05) is 11.9 Å². The van der Waals surface area contributed by atoms with Gasteiger partial charge in [0.2, 0.25) is 0 Å². The number of nitrogens with zero attached hydrogens (tertiary/aromatic N) is 1. The van der Waals surface area contributed by atoms with Crippen LogP contribution in [0.2, 0.25) is 0 Å². The second kappa shape index (κ2) is 4.22. The predicted octanol–water partition coefficient (Wildman–Crippen LogP) is 3.17. The van der Waals surface area contributed by atoms with Crippen molar-refractivity contribution in [3.05, 3.63) is 43.1 Å². The molecule has 0 bridgehead atoms. The monoisotopic (exact) mass is 200 g/mol. The third-order valence-electron chi connectivity index (χ3n) is 2.56. The van der Waals surface area contributed by atoms with Gasteiger partial charge in [-0.3, -0.25) is 0 Å². The summed E-state index contributed by atoms with van der Waals surface area (Å²) in [7, 11) is 2.06. The fraction of sp³-hybridized carbons (Fsp3) is 0.231. The van der Waals surface area contributed by atoms with E-state index >= 15 is 0 Å². The maximum Gasteiger partial charge on any atom is 0.0479 e. The van der Waals surface area contributed by atoms with Crippen molar-refractivity contribution in [1.82, 2.24) is 4.57 Å². The first-order valence-corrected chi connectivity index (χ1v) is 5.21. The molecule has 0 fully saturated rings. The summed E-state index contributed by atoms with van der Waals surface area (Å²) in [5.41, 5.74) is 2.44. The van der Waals surface area contributed by atoms with Crippen LogP contribution in [-0.4, -0.2) is 11.1 Å². The highest BCUT2D eigenvalue weighted by Crippen LogP contribution is 2.19. The quantitative estimate of drug-likeness (QED) is 0.592. The summed E-state index contributed by atoms with van der Waals surface area (Å²) in [5.74, 6) is 0. The fourth-order valence-corrected chi connectivity index (χ4v) is 1.71. The highest BCUT2D eigenvalue weighted by atomic mass is 14.9. The topological polar surface area (TPSA) is 17.0 Å². The second-order valence-electron chi connectivity index (χ2n) is 3.70. The zero-order valence-electron chi connectivity index (χ0n) is 9.03. The maximum absolute atomic E-state index is 3.70. The Kier molecular flexibility index (Phi) is 2.77. The van der Waals surface area contributed by atoms with E-state index in [9.17, 15) is 0 Å². The molecule has 2 aromatic rings. The lowest BCUT2D eigenvalue weighted by atomic mass is 10.2. The molecule has 0 aliphatic rings. The number of anilines is 1. The Morgan fingerprint density at radius 2 is 2.27 bits per heavy atom. The summed E-state index contributed by atoms with van der Waals surface area (Å²) >= 11 is 0. The van der Waals surface area contributed by atoms with Crippen LogP contribution in [0.5, 0.6) is 0 Å². The Balaban J connectivity index is 2.19. The lowest BCUT2D eigenvalue weighted by molar-refractivity contribution is 0.969. The summed E-state index contributed by atoms with van der Waals surface area (Å²) in [4.78, 5) is 0. The average molecular weight is 200 g/mol. The molecule has 15 heavy (non-hydrogen) atoms. The Labute approximate surface area is 90.2 Å². The number of fused-ring (bicyclic) bond motifs is 1. The third kappa shape index (κ3) is 2.04. The Hall–Kier alpha value is -1.70. The van der Waals surface area contributed by atoms with Crippen molar-refractivity contribution in [3.63, 3.8) is 0 Å². The molecule has 0 atom stereocenters. The number of benzene rings is 1. The summed E-state index contributed by atoms with van der Waals surface area (Å²) in [6.07, 6.45) is 5.00. The molecule has 0 aliphatic heterocycles. The molecule has 0 saturated carbocycles. The Morgan fingerprint density at radius 3 is 3.07 bits per heavy atom. The summed E-state index contributed by atoms with van der Waals surface area (Å²) < 4.78 is 2.13. The van der Waals surface area contributed by atoms with Crippen LogP contribution < -0.4 is 5.32 Å². The number of hydrogen-bond donors (Lipinski definition) is 1. The standard InChI is InChI=1S/C13H16N2/c1-3-4-8-14-12-5-6-13-11(10-12)7-9-15(13)2/h3,5-7,9-10,14H,1,4,8H2,2H3. The van der Waals surface area contributed by atoms with E-state index in [0.717, 1.165) is 13.0 Å². The van der Waals surface area contributed by atoms with Crippen molar-refractivity contribution in [1.29, 1.82) is 0 Å². The molecule has 1 aromatic carbocycles. The highest BCUT2D eigenvalue weighted by molar-refractivity contribution is 5.83. The molecule has 0 unspecified atom stereocenters. The van der Waals surface area contributed by atoms with Crippen LogP contribution in [0.15, 0.2) is 43.1 Å². The van der Waals surface area contributed by atoms with Gasteiger partial charge in [0.25, 0.3) is 0 Å². The first kappa shape index (κ1) is 9.84. The van der Waals surface area contributed by atoms with Crippen LogP contribution in [0.1, 0.15) is 6.42 Å². The van der Waals surface area contributed by atoms with E-state index in [1.165, 1.54) is 16.6 Å². The van der Waals surface area contributed by atoms with Gasteiger partial charge < -0.3 is 9.88 Å². The maximum atomic E-state index is 3.70. The average Bonchev–Trinajstić information content (AvgIpc) is 2.61. The second-order valence-corrected chi connectivity index (χ2v) is 3.70. The van der Waals surface area contributed by atoms with E-state index in [-0.39, 0.29) is 0 Å². The van der Waals surface area contributed by atoms with E-state index < -0.39 is 0 Å². The third-order valence-corrected chi connectivity index (χ3v) is 2.56. The molecular weight excluding hydrogens is 184 g/mol. The van der Waals surface area contributed by atoms with Crippen molar-refractivity contribution < 1.29 is 0 Å². The molecular formula is C13H16N2. The minimum absolute atomic E-state index is 0.946. The molecule has 1 heterocycles. The zero-order chi connectivity index (χ0) is 10.7. The SMILES string of the molecule is C=CCCNc1ccc2c(ccn2C)c1. The van der Waals surface area contributed by atoms with Gasteiger partial charge in [-0.1, -0.05) is 6.08 Å². The van der Waals surface area contributed by atoms with Crippen LogP contribution in [0.3, 0.4) is 0 Å². The van der Waals surface area contributed by atoms with Gasteiger partial charge in [0, 0.05) is 36.4 Å². The molecule has 0 amide bonds. The smallest absolute Gasteiger partial charge is 0.0479 e. The molecule has 1 N–H and O–H groups in total. The van der Waals surface area contributed by atoms with Crippen LogP contribution >= 0.6 is 0 Å². The van der Waals surface area contributed by atoms with Gasteiger partial charge in [0.05, 0.1) is 0 Å². The summed E-state index contributed by atoms with van der Waals surface area (Å²) in [6.45, 7) is 4.65. The first-order valence-electron chi connectivity index (χ1n) is 5.21. The van der Waals surface area contributed by atoms with Gasteiger partial charge in [-0.15, -0.1) is 6.58 Å². The number of nitrogens with one attached hydrogen (secondary N) is 1. The van der Waals surface area contributed by atoms with E-state index in [1.54, 1.807) is 0 Å². The van der Waals surface area contributed by atoms with E-state index in [2.05, 4.69) is 54.0 Å². The molecule has 78 valence electrons. The summed E-state index contributed by atoms with van der Waals surface area (Å²) in [5, 5.41) is 4.65. The molecule has 2 heteroatoms. The zero-order valence-corrected chi connectivity index (χ0v) is 9.03. The molecule has 0 aliphatic carbocycles. The van der Waals surface area contributed by atoms with Crippen molar-refractivity contribution in [2.24, 2.45) is 7.05 Å². The number of aromatic nitrogens is 1. The van der Waals surface area contributed by atoms with Gasteiger partial charge in [0.15, 0.2) is 0 Å². The molecule has 2 rings (SSSR count). The van der Waals surface area contributed by atoms with Gasteiger partial charge in [0.1, 0.15) is 0 Å². The van der Waals surface area contributed by atoms with Gasteiger partial charge in [-0.2, -0.15) is 0 Å². The largest absolute Gasteiger partial charge is 0.385 e. The highest BCUT2D eigenvalue weighted by Gasteiger charge is 1.98. The van der Waals surface area contributed by atoms with E-state index in [0.29, 0.717) is 0 Å². The number of rotatable bonds is 4. The number of aryl methyl sites for hydroxylation is 1.